The van der Waals surface area contributed by atoms with Gasteiger partial charge >= 0.3 is 0 Å². The normalized spacial score (nSPS) is 34.4. The van der Waals surface area contributed by atoms with Crippen LogP contribution in [-0.2, 0) is 9.59 Å². The number of primary amides is 1. The van der Waals surface area contributed by atoms with Gasteiger partial charge in [0.2, 0.25) is 11.8 Å². The number of hydrogen-bond acceptors (Lipinski definition) is 4. The van der Waals surface area contributed by atoms with Crippen molar-refractivity contribution in [3.63, 3.8) is 0 Å². The molecular weight excluding hydrogens is 316 g/mol. The lowest BCUT2D eigenvalue weighted by molar-refractivity contribution is -0.123. The first-order valence-electron chi connectivity index (χ1n) is 9.53. The maximum atomic E-state index is 12.3. The van der Waals surface area contributed by atoms with Crippen LogP contribution < -0.4 is 16.4 Å². The molecule has 0 radical (unpaired) electrons. The first-order valence-corrected chi connectivity index (χ1v) is 9.53. The van der Waals surface area contributed by atoms with E-state index in [1.807, 2.05) is 13.8 Å². The summed E-state index contributed by atoms with van der Waals surface area (Å²) in [4.78, 5) is 24.1. The largest absolute Gasteiger partial charge is 0.368 e. The van der Waals surface area contributed by atoms with E-state index in [4.69, 9.17) is 5.73 Å². The number of carbonyl (C=O) groups is 2. The smallest absolute Gasteiger partial charge is 0.234 e. The SMILES string of the molecule is CC1(C)CC(C[C@H](C#N)C2NC(C(N)=O)CC23CCCCC3)C(=O)N1. The fraction of sp³-hybridized carbons (Fsp3) is 0.842. The molecule has 0 aromatic rings. The molecule has 2 heterocycles. The summed E-state index contributed by atoms with van der Waals surface area (Å²) in [5.41, 5.74) is 5.33. The van der Waals surface area contributed by atoms with E-state index in [1.54, 1.807) is 0 Å². The highest BCUT2D eigenvalue weighted by Crippen LogP contribution is 2.50. The molecule has 3 fully saturated rings. The molecule has 6 heteroatoms. The molecular formula is C19H30N4O2. The molecule has 2 aliphatic heterocycles. The van der Waals surface area contributed by atoms with Crippen molar-refractivity contribution in [1.82, 2.24) is 10.6 Å². The minimum atomic E-state index is -0.354. The van der Waals surface area contributed by atoms with Gasteiger partial charge in [0.05, 0.1) is 18.0 Å². The minimum absolute atomic E-state index is 0.0249. The van der Waals surface area contributed by atoms with E-state index >= 15 is 0 Å². The van der Waals surface area contributed by atoms with Gasteiger partial charge < -0.3 is 16.4 Å². The van der Waals surface area contributed by atoms with E-state index < -0.39 is 0 Å². The number of nitrogens with one attached hydrogen (secondary N) is 2. The highest BCUT2D eigenvalue weighted by atomic mass is 16.2. The van der Waals surface area contributed by atoms with Crippen molar-refractivity contribution in [2.75, 3.05) is 0 Å². The quantitative estimate of drug-likeness (QED) is 0.718. The zero-order valence-corrected chi connectivity index (χ0v) is 15.3. The van der Waals surface area contributed by atoms with Crippen molar-refractivity contribution in [1.29, 1.82) is 5.26 Å². The fourth-order valence-electron chi connectivity index (χ4n) is 5.44. The van der Waals surface area contributed by atoms with Gasteiger partial charge in [-0.3, -0.25) is 9.59 Å². The summed E-state index contributed by atoms with van der Waals surface area (Å²) in [7, 11) is 0. The zero-order valence-electron chi connectivity index (χ0n) is 15.3. The summed E-state index contributed by atoms with van der Waals surface area (Å²) in [5.74, 6) is -0.682. The van der Waals surface area contributed by atoms with Crippen molar-refractivity contribution >= 4 is 11.8 Å². The molecule has 2 amide bonds. The van der Waals surface area contributed by atoms with Crippen LogP contribution in [0.4, 0.5) is 0 Å². The van der Waals surface area contributed by atoms with Gasteiger partial charge in [0.1, 0.15) is 0 Å². The Kier molecular flexibility index (Phi) is 4.80. The van der Waals surface area contributed by atoms with Gasteiger partial charge in [-0.2, -0.15) is 5.26 Å². The van der Waals surface area contributed by atoms with Crippen LogP contribution in [-0.4, -0.2) is 29.4 Å². The first kappa shape index (κ1) is 18.2. The summed E-state index contributed by atoms with van der Waals surface area (Å²) >= 11 is 0. The van der Waals surface area contributed by atoms with E-state index in [0.717, 1.165) is 38.5 Å². The molecule has 4 atom stereocenters. The third kappa shape index (κ3) is 3.52. The summed E-state index contributed by atoms with van der Waals surface area (Å²) in [6, 6.07) is 2.05. The van der Waals surface area contributed by atoms with E-state index in [9.17, 15) is 14.9 Å². The van der Waals surface area contributed by atoms with E-state index in [0.29, 0.717) is 6.42 Å². The Labute approximate surface area is 149 Å². The second-order valence-electron chi connectivity index (χ2n) is 8.97. The molecule has 0 aromatic carbocycles. The maximum Gasteiger partial charge on any atom is 0.234 e. The Hall–Kier alpha value is -1.61. The number of nitrogens with zero attached hydrogens (tertiary/aromatic N) is 1. The zero-order chi connectivity index (χ0) is 18.2. The Morgan fingerprint density at radius 1 is 1.32 bits per heavy atom. The molecule has 3 aliphatic rings. The van der Waals surface area contributed by atoms with Crippen molar-refractivity contribution in [3.05, 3.63) is 0 Å². The number of amides is 2. The van der Waals surface area contributed by atoms with Gasteiger partial charge in [-0.05, 0) is 51.4 Å². The Morgan fingerprint density at radius 3 is 2.52 bits per heavy atom. The molecule has 138 valence electrons. The van der Waals surface area contributed by atoms with Gasteiger partial charge in [0.15, 0.2) is 0 Å². The predicted molar refractivity (Wildman–Crippen MR) is 94.1 cm³/mol. The average Bonchev–Trinajstić information content (AvgIpc) is 3.03. The molecule has 1 spiro atoms. The lowest BCUT2D eigenvalue weighted by atomic mass is 9.64. The third-order valence-electron chi connectivity index (χ3n) is 6.54. The molecule has 0 bridgehead atoms. The molecule has 3 unspecified atom stereocenters. The third-order valence-corrected chi connectivity index (χ3v) is 6.54. The number of hydrogen-bond donors (Lipinski definition) is 3. The molecule has 1 saturated carbocycles. The standard InChI is InChI=1S/C19H30N4O2/c1-18(2)9-12(17(25)23-18)8-13(11-20)15-19(6-4-3-5-7-19)10-14(22-15)16(21)24/h12-15,22H,3-10H2,1-2H3,(H2,21,24)(H,23,25)/t12?,13-,14?,15?/m1/s1. The summed E-state index contributed by atoms with van der Waals surface area (Å²) in [5, 5.41) is 16.3. The van der Waals surface area contributed by atoms with Gasteiger partial charge in [0, 0.05) is 17.5 Å². The Balaban J connectivity index is 1.79. The molecule has 4 N–H and O–H groups in total. The highest BCUT2D eigenvalue weighted by Gasteiger charge is 2.52. The fourth-order valence-corrected chi connectivity index (χ4v) is 5.44. The van der Waals surface area contributed by atoms with Crippen molar-refractivity contribution < 1.29 is 9.59 Å². The second kappa shape index (κ2) is 6.60. The van der Waals surface area contributed by atoms with E-state index in [-0.39, 0.29) is 46.7 Å². The molecule has 0 aromatic heterocycles. The average molecular weight is 346 g/mol. The van der Waals surface area contributed by atoms with Gasteiger partial charge in [0.25, 0.3) is 0 Å². The van der Waals surface area contributed by atoms with Crippen LogP contribution in [0.15, 0.2) is 0 Å². The maximum absolute atomic E-state index is 12.3. The number of nitrogens with two attached hydrogens (primary N) is 1. The molecule has 1 aliphatic carbocycles. The highest BCUT2D eigenvalue weighted by molar-refractivity contribution is 5.82. The van der Waals surface area contributed by atoms with Crippen LogP contribution in [0.25, 0.3) is 0 Å². The second-order valence-corrected chi connectivity index (χ2v) is 8.97. The van der Waals surface area contributed by atoms with Crippen LogP contribution in [0, 0.1) is 28.6 Å². The van der Waals surface area contributed by atoms with Gasteiger partial charge in [-0.15, -0.1) is 0 Å². The monoisotopic (exact) mass is 346 g/mol. The van der Waals surface area contributed by atoms with Gasteiger partial charge in [-0.25, -0.2) is 0 Å². The van der Waals surface area contributed by atoms with Crippen LogP contribution in [0.5, 0.6) is 0 Å². The van der Waals surface area contributed by atoms with Crippen LogP contribution in [0.3, 0.4) is 0 Å². The number of rotatable bonds is 4. The predicted octanol–water partition coefficient (Wildman–Crippen LogP) is 1.60. The molecule has 25 heavy (non-hydrogen) atoms. The van der Waals surface area contributed by atoms with Gasteiger partial charge in [-0.1, -0.05) is 19.3 Å². The lowest BCUT2D eigenvalue weighted by Gasteiger charge is -2.40. The summed E-state index contributed by atoms with van der Waals surface area (Å²) in [6.07, 6.45) is 7.60. The summed E-state index contributed by atoms with van der Waals surface area (Å²) < 4.78 is 0. The number of carbonyl (C=O) groups excluding carboxylic acids is 2. The van der Waals surface area contributed by atoms with Crippen LogP contribution >= 0.6 is 0 Å². The minimum Gasteiger partial charge on any atom is -0.368 e. The Morgan fingerprint density at radius 2 is 2.00 bits per heavy atom. The van der Waals surface area contributed by atoms with Crippen molar-refractivity contribution in [3.8, 4) is 6.07 Å². The first-order chi connectivity index (χ1) is 11.8. The van der Waals surface area contributed by atoms with E-state index in [1.165, 1.54) is 6.42 Å². The number of nitriles is 1. The summed E-state index contributed by atoms with van der Waals surface area (Å²) in [6.45, 7) is 4.04. The lowest BCUT2D eigenvalue weighted by Crippen LogP contribution is -2.46. The van der Waals surface area contributed by atoms with Crippen molar-refractivity contribution in [2.24, 2.45) is 23.0 Å². The molecule has 6 nitrogen and oxygen atoms in total. The van der Waals surface area contributed by atoms with Crippen LogP contribution in [0.2, 0.25) is 0 Å². The molecule has 3 rings (SSSR count). The Bertz CT molecular complexity index is 589. The molecule has 2 saturated heterocycles. The van der Waals surface area contributed by atoms with Crippen LogP contribution in [0.1, 0.15) is 65.2 Å². The topological polar surface area (TPSA) is 108 Å². The van der Waals surface area contributed by atoms with E-state index in [2.05, 4.69) is 16.7 Å². The van der Waals surface area contributed by atoms with Crippen molar-refractivity contribution in [2.45, 2.75) is 82.8 Å².